The van der Waals surface area contributed by atoms with Crippen molar-refractivity contribution < 1.29 is 4.79 Å². The molecule has 1 unspecified atom stereocenters. The average molecular weight is 273 g/mol. The van der Waals surface area contributed by atoms with Gasteiger partial charge in [-0.05, 0) is 25.7 Å². The molecule has 2 heteroatoms. The van der Waals surface area contributed by atoms with Gasteiger partial charge in [-0.15, -0.1) is 0 Å². The lowest BCUT2D eigenvalue weighted by atomic mass is 9.92. The SMILES string of the molecule is CN1CCC(CC2CCCC2)C1=O.Cc1ccccc1. The molecule has 0 N–H and O–H groups in total. The second-order valence-electron chi connectivity index (χ2n) is 6.29. The van der Waals surface area contributed by atoms with Crippen LogP contribution in [-0.4, -0.2) is 24.4 Å². The summed E-state index contributed by atoms with van der Waals surface area (Å²) in [4.78, 5) is 13.5. The Kier molecular flexibility index (Phi) is 5.63. The summed E-state index contributed by atoms with van der Waals surface area (Å²) >= 11 is 0. The van der Waals surface area contributed by atoms with Gasteiger partial charge >= 0.3 is 0 Å². The minimum atomic E-state index is 0.369. The Bertz CT molecular complexity index is 409. The largest absolute Gasteiger partial charge is 0.345 e. The summed E-state index contributed by atoms with van der Waals surface area (Å²) in [5.41, 5.74) is 1.32. The number of hydrogen-bond acceptors (Lipinski definition) is 1. The van der Waals surface area contributed by atoms with Crippen LogP contribution < -0.4 is 0 Å². The van der Waals surface area contributed by atoms with Gasteiger partial charge < -0.3 is 4.90 Å². The highest BCUT2D eigenvalue weighted by molar-refractivity contribution is 5.80. The van der Waals surface area contributed by atoms with Gasteiger partial charge in [0, 0.05) is 19.5 Å². The summed E-state index contributed by atoms with van der Waals surface area (Å²) in [5.74, 6) is 1.63. The van der Waals surface area contributed by atoms with E-state index < -0.39 is 0 Å². The summed E-state index contributed by atoms with van der Waals surface area (Å²) in [7, 11) is 1.93. The number of aryl methyl sites for hydroxylation is 1. The zero-order valence-electron chi connectivity index (χ0n) is 12.8. The van der Waals surface area contributed by atoms with Crippen molar-refractivity contribution in [2.45, 2.75) is 45.4 Å². The van der Waals surface area contributed by atoms with Crippen LogP contribution in [0.4, 0.5) is 0 Å². The number of rotatable bonds is 2. The molecule has 0 radical (unpaired) electrons. The predicted octanol–water partition coefficient (Wildman–Crippen LogP) is 4.04. The van der Waals surface area contributed by atoms with Crippen molar-refractivity contribution in [3.8, 4) is 0 Å². The standard InChI is InChI=1S/C11H19NO.C7H8/c1-12-7-6-10(11(12)13)8-9-4-2-3-5-9;1-7-5-3-2-4-6-7/h9-10H,2-8H2,1H3;2-6H,1H3. The molecule has 1 saturated heterocycles. The quantitative estimate of drug-likeness (QED) is 0.796. The first-order chi connectivity index (χ1) is 9.66. The molecule has 2 nitrogen and oxygen atoms in total. The molecule has 0 aromatic heterocycles. The van der Waals surface area contributed by atoms with Gasteiger partial charge in [-0.2, -0.15) is 0 Å². The van der Waals surface area contributed by atoms with Gasteiger partial charge in [-0.25, -0.2) is 0 Å². The van der Waals surface area contributed by atoms with E-state index in [1.165, 1.54) is 37.7 Å². The normalized spacial score (nSPS) is 22.8. The fraction of sp³-hybridized carbons (Fsp3) is 0.611. The van der Waals surface area contributed by atoms with Gasteiger partial charge in [-0.1, -0.05) is 61.6 Å². The van der Waals surface area contributed by atoms with E-state index in [4.69, 9.17) is 0 Å². The number of carbonyl (C=O) groups excluding carboxylic acids is 1. The smallest absolute Gasteiger partial charge is 0.225 e. The first-order valence-corrected chi connectivity index (χ1v) is 7.93. The molecule has 2 fully saturated rings. The van der Waals surface area contributed by atoms with E-state index in [9.17, 15) is 4.79 Å². The van der Waals surface area contributed by atoms with E-state index in [-0.39, 0.29) is 0 Å². The molecule has 1 aromatic rings. The summed E-state index contributed by atoms with van der Waals surface area (Å²) in [5, 5.41) is 0. The Morgan fingerprint density at radius 1 is 1.10 bits per heavy atom. The van der Waals surface area contributed by atoms with Crippen molar-refractivity contribution in [3.63, 3.8) is 0 Å². The summed E-state index contributed by atoms with van der Waals surface area (Å²) in [6.07, 6.45) is 7.79. The van der Waals surface area contributed by atoms with Crippen molar-refractivity contribution in [1.82, 2.24) is 4.90 Å². The fourth-order valence-electron chi connectivity index (χ4n) is 3.30. The lowest BCUT2D eigenvalue weighted by molar-refractivity contribution is -0.130. The molecular weight excluding hydrogens is 246 g/mol. The van der Waals surface area contributed by atoms with Gasteiger partial charge in [0.2, 0.25) is 5.91 Å². The van der Waals surface area contributed by atoms with E-state index >= 15 is 0 Å². The summed E-state index contributed by atoms with van der Waals surface area (Å²) in [6.45, 7) is 3.07. The number of likely N-dealkylation sites (tertiary alicyclic amines) is 1. The molecular formula is C18H27NO. The molecule has 1 saturated carbocycles. The summed E-state index contributed by atoms with van der Waals surface area (Å²) < 4.78 is 0. The van der Waals surface area contributed by atoms with Crippen LogP contribution in [0.1, 0.15) is 44.1 Å². The van der Waals surface area contributed by atoms with Crippen molar-refractivity contribution in [1.29, 1.82) is 0 Å². The van der Waals surface area contributed by atoms with Gasteiger partial charge in [0.15, 0.2) is 0 Å². The van der Waals surface area contributed by atoms with Crippen LogP contribution in [0.25, 0.3) is 0 Å². The fourth-order valence-corrected chi connectivity index (χ4v) is 3.30. The van der Waals surface area contributed by atoms with Gasteiger partial charge in [-0.3, -0.25) is 4.79 Å². The second kappa shape index (κ2) is 7.47. The van der Waals surface area contributed by atoms with Crippen molar-refractivity contribution in [2.75, 3.05) is 13.6 Å². The zero-order chi connectivity index (χ0) is 14.4. The number of hydrogen-bond donors (Lipinski definition) is 0. The van der Waals surface area contributed by atoms with Crippen LogP contribution in [-0.2, 0) is 4.79 Å². The number of carbonyl (C=O) groups is 1. The summed E-state index contributed by atoms with van der Waals surface area (Å²) in [6, 6.07) is 10.3. The van der Waals surface area contributed by atoms with Crippen LogP contribution >= 0.6 is 0 Å². The lowest BCUT2D eigenvalue weighted by Gasteiger charge is -2.14. The Morgan fingerprint density at radius 3 is 2.20 bits per heavy atom. The molecule has 1 aliphatic carbocycles. The Hall–Kier alpha value is -1.31. The molecule has 3 rings (SSSR count). The third-order valence-corrected chi connectivity index (χ3v) is 4.57. The van der Waals surface area contributed by atoms with Crippen molar-refractivity contribution >= 4 is 5.91 Å². The topological polar surface area (TPSA) is 20.3 Å². The highest BCUT2D eigenvalue weighted by atomic mass is 16.2. The monoisotopic (exact) mass is 273 g/mol. The third kappa shape index (κ3) is 4.36. The van der Waals surface area contributed by atoms with E-state index in [1.54, 1.807) is 0 Å². The van der Waals surface area contributed by atoms with Crippen LogP contribution in [0.3, 0.4) is 0 Å². The first-order valence-electron chi connectivity index (χ1n) is 7.93. The number of amides is 1. The number of nitrogens with zero attached hydrogens (tertiary/aromatic N) is 1. The maximum Gasteiger partial charge on any atom is 0.225 e. The maximum absolute atomic E-state index is 11.6. The van der Waals surface area contributed by atoms with Crippen LogP contribution in [0.5, 0.6) is 0 Å². The Labute approximate surface area is 123 Å². The Morgan fingerprint density at radius 2 is 1.75 bits per heavy atom. The van der Waals surface area contributed by atoms with E-state index in [1.807, 2.05) is 30.1 Å². The molecule has 110 valence electrons. The first kappa shape index (κ1) is 15.1. The molecule has 0 spiro atoms. The molecule has 1 atom stereocenters. The minimum absolute atomic E-state index is 0.369. The van der Waals surface area contributed by atoms with E-state index in [0.29, 0.717) is 11.8 Å². The van der Waals surface area contributed by atoms with Crippen LogP contribution in [0, 0.1) is 18.8 Å². The minimum Gasteiger partial charge on any atom is -0.345 e. The molecule has 1 aromatic carbocycles. The highest BCUT2D eigenvalue weighted by Gasteiger charge is 2.31. The van der Waals surface area contributed by atoms with Gasteiger partial charge in [0.1, 0.15) is 0 Å². The average Bonchev–Trinajstić information content (AvgIpc) is 3.06. The van der Waals surface area contributed by atoms with Crippen LogP contribution in [0.2, 0.25) is 0 Å². The van der Waals surface area contributed by atoms with E-state index in [2.05, 4.69) is 19.1 Å². The molecule has 0 bridgehead atoms. The van der Waals surface area contributed by atoms with Gasteiger partial charge in [0.05, 0.1) is 0 Å². The van der Waals surface area contributed by atoms with Crippen molar-refractivity contribution in [3.05, 3.63) is 35.9 Å². The molecule has 1 aliphatic heterocycles. The lowest BCUT2D eigenvalue weighted by Crippen LogP contribution is -2.23. The second-order valence-corrected chi connectivity index (χ2v) is 6.29. The molecule has 20 heavy (non-hydrogen) atoms. The van der Waals surface area contributed by atoms with Gasteiger partial charge in [0.25, 0.3) is 0 Å². The molecule has 2 aliphatic rings. The number of benzene rings is 1. The highest BCUT2D eigenvalue weighted by Crippen LogP contribution is 2.33. The molecule has 1 amide bonds. The predicted molar refractivity (Wildman–Crippen MR) is 83.5 cm³/mol. The van der Waals surface area contributed by atoms with Crippen molar-refractivity contribution in [2.24, 2.45) is 11.8 Å². The third-order valence-electron chi connectivity index (χ3n) is 4.57. The molecule has 1 heterocycles. The zero-order valence-corrected chi connectivity index (χ0v) is 12.8. The Balaban J connectivity index is 0.000000178. The van der Waals surface area contributed by atoms with E-state index in [0.717, 1.165) is 18.9 Å². The van der Waals surface area contributed by atoms with Crippen LogP contribution in [0.15, 0.2) is 30.3 Å². The maximum atomic E-state index is 11.6.